The van der Waals surface area contributed by atoms with E-state index >= 15 is 0 Å². The van der Waals surface area contributed by atoms with E-state index in [2.05, 4.69) is 21.0 Å². The lowest BCUT2D eigenvalue weighted by Crippen LogP contribution is -2.55. The monoisotopic (exact) mass is 545 g/mol. The predicted molar refractivity (Wildman–Crippen MR) is 124 cm³/mol. The third-order valence-corrected chi connectivity index (χ3v) is 5.82. The number of hydrogen-bond acceptors (Lipinski definition) is 6. The number of methoxy groups -OCH3 is 1. The van der Waals surface area contributed by atoms with Crippen LogP contribution in [0.15, 0.2) is 39.7 Å². The molecule has 32 heavy (non-hydrogen) atoms. The van der Waals surface area contributed by atoms with Crippen molar-refractivity contribution in [2.24, 2.45) is 0 Å². The smallest absolute Gasteiger partial charge is 0.344 e. The number of benzene rings is 1. The molecule has 0 spiro atoms. The van der Waals surface area contributed by atoms with Gasteiger partial charge in [-0.2, -0.15) is 5.10 Å². The normalized spacial score (nSPS) is 10.3. The third kappa shape index (κ3) is 5.09. The fourth-order valence-corrected chi connectivity index (χ4v) is 4.07. The van der Waals surface area contributed by atoms with Crippen LogP contribution < -0.4 is 10.6 Å². The highest BCUT2D eigenvalue weighted by Gasteiger charge is 2.27. The van der Waals surface area contributed by atoms with Gasteiger partial charge in [0.2, 0.25) is 5.43 Å². The van der Waals surface area contributed by atoms with Crippen LogP contribution in [0, 0.1) is 4.91 Å². The lowest BCUT2D eigenvalue weighted by atomic mass is 10.0. The van der Waals surface area contributed by atoms with E-state index in [9.17, 15) is 14.5 Å². The molecule has 0 unspecified atom stereocenters. The number of carbonyl (C=O) groups is 1. The van der Waals surface area contributed by atoms with Gasteiger partial charge in [0.15, 0.2) is 5.15 Å². The van der Waals surface area contributed by atoms with Gasteiger partial charge in [0.25, 0.3) is 5.69 Å². The van der Waals surface area contributed by atoms with Crippen molar-refractivity contribution in [2.45, 2.75) is 20.0 Å². The molecule has 3 rings (SSSR count). The maximum absolute atomic E-state index is 13.1. The third-order valence-electron chi connectivity index (χ3n) is 4.49. The Balaban J connectivity index is 0.00000176. The molecule has 0 radical (unpaired) electrons. The maximum Gasteiger partial charge on any atom is 0.344 e. The van der Waals surface area contributed by atoms with Crippen molar-refractivity contribution >= 4 is 50.8 Å². The average Bonchev–Trinajstić information content (AvgIpc) is 3.22. The van der Waals surface area contributed by atoms with Crippen molar-refractivity contribution in [1.29, 1.82) is 0 Å². The van der Waals surface area contributed by atoms with Crippen LogP contribution in [0.5, 0.6) is 0 Å². The minimum atomic E-state index is -0.784. The number of nitrogens with zero attached hydrogens (tertiary/aromatic N) is 3. The minimum Gasteiger partial charge on any atom is -0.465 e. The number of nitrogens with one attached hydrogen (secondary N) is 1. The molecule has 1 aromatic carbocycles. The van der Waals surface area contributed by atoms with Crippen LogP contribution >= 0.6 is 39.1 Å². The van der Waals surface area contributed by atoms with Gasteiger partial charge < -0.3 is 14.4 Å². The molecule has 0 saturated heterocycles. The van der Waals surface area contributed by atoms with Gasteiger partial charge in [-0.05, 0) is 41.1 Å². The number of pyridine rings is 1. The number of aliphatic hydroxyl groups excluding tert-OH is 1. The maximum atomic E-state index is 13.1. The quantitative estimate of drug-likeness (QED) is 0.459. The zero-order valence-corrected chi connectivity index (χ0v) is 20.5. The van der Waals surface area contributed by atoms with Crippen molar-refractivity contribution in [3.63, 3.8) is 0 Å². The molecule has 2 heterocycles. The average molecular weight is 547 g/mol. The molecule has 9 nitrogen and oxygen atoms in total. The van der Waals surface area contributed by atoms with E-state index < -0.39 is 11.4 Å². The van der Waals surface area contributed by atoms with Gasteiger partial charge in [-0.15, -0.1) is 0 Å². The molecular formula is C20H20BrCl2N4O5+. The van der Waals surface area contributed by atoms with Crippen molar-refractivity contribution in [3.05, 3.63) is 71.5 Å². The molecule has 12 heteroatoms. The van der Waals surface area contributed by atoms with E-state index in [1.54, 1.807) is 32.8 Å². The zero-order valence-electron chi connectivity index (χ0n) is 17.4. The summed E-state index contributed by atoms with van der Waals surface area (Å²) in [5.41, 5.74) is 0.876. The van der Waals surface area contributed by atoms with E-state index in [1.807, 2.05) is 6.92 Å². The largest absolute Gasteiger partial charge is 0.465 e. The Morgan fingerprint density at radius 2 is 1.97 bits per heavy atom. The number of ether oxygens (including phenoxy) is 1. The van der Waals surface area contributed by atoms with Gasteiger partial charge in [0.05, 0.1) is 29.5 Å². The van der Waals surface area contributed by atoms with Crippen molar-refractivity contribution in [3.8, 4) is 11.3 Å². The Labute approximate surface area is 201 Å². The van der Waals surface area contributed by atoms with Crippen LogP contribution in [-0.4, -0.2) is 39.6 Å². The number of halogens is 3. The highest BCUT2D eigenvalue weighted by Crippen LogP contribution is 2.31. The van der Waals surface area contributed by atoms with Crippen LogP contribution in [0.1, 0.15) is 23.0 Å². The Hall–Kier alpha value is -2.53. The van der Waals surface area contributed by atoms with Crippen LogP contribution in [0.25, 0.3) is 11.3 Å². The Morgan fingerprint density at radius 1 is 1.28 bits per heavy atom. The molecule has 0 atom stereocenters. The Morgan fingerprint density at radius 3 is 2.47 bits per heavy atom. The molecule has 0 saturated carbocycles. The number of esters is 1. The zero-order chi connectivity index (χ0) is 24.0. The summed E-state index contributed by atoms with van der Waals surface area (Å²) in [6.45, 7) is 2.51. The minimum absolute atomic E-state index is 0.146. The molecule has 3 aromatic rings. The number of hydrogen-bond donors (Lipinski definition) is 2. The number of carbonyl (C=O) groups excluding carboxylic acids is 1. The van der Waals surface area contributed by atoms with Gasteiger partial charge in [0.1, 0.15) is 10.6 Å². The Kier molecular flexibility index (Phi) is 9.14. The highest BCUT2D eigenvalue weighted by molar-refractivity contribution is 9.10. The van der Waals surface area contributed by atoms with Crippen LogP contribution in [0.3, 0.4) is 0 Å². The first-order valence-electron chi connectivity index (χ1n) is 9.17. The second kappa shape index (κ2) is 11.4. The summed E-state index contributed by atoms with van der Waals surface area (Å²) in [7, 11) is 2.20. The molecule has 170 valence electrons. The second-order valence-corrected chi connectivity index (χ2v) is 7.77. The standard InChI is InChI=1S/C19H15BrCl2N4O4.CH4O/c1-3-26-13(9-25-7-6-14(22)23-25)16(20)18(27)15(19(28)30-2)17(26)10-4-5-12(24-29)11(21)8-10;1-2/h4-8H,3,9H2,1-2H3;2H,1H3/p+1. The number of aliphatic hydroxyl groups is 1. The molecule has 0 aliphatic heterocycles. The summed E-state index contributed by atoms with van der Waals surface area (Å²) in [6.07, 6.45) is 1.68. The number of aromatic nitrogens is 3. The van der Waals surface area contributed by atoms with Crippen LogP contribution in [-0.2, 0) is 17.8 Å². The molecule has 2 aromatic heterocycles. The van der Waals surface area contributed by atoms with Gasteiger partial charge >= 0.3 is 5.97 Å². The summed E-state index contributed by atoms with van der Waals surface area (Å²) < 4.78 is 8.45. The molecule has 0 bridgehead atoms. The van der Waals surface area contributed by atoms with Gasteiger partial charge in [-0.1, -0.05) is 23.2 Å². The van der Waals surface area contributed by atoms with Crippen molar-refractivity contribution < 1.29 is 19.8 Å². The molecule has 0 amide bonds. The molecule has 0 aliphatic rings. The van der Waals surface area contributed by atoms with E-state index in [0.717, 1.165) is 7.11 Å². The fraction of sp³-hybridized carbons (Fsp3) is 0.250. The molecule has 0 fully saturated rings. The van der Waals surface area contributed by atoms with Crippen molar-refractivity contribution in [2.75, 3.05) is 14.2 Å². The van der Waals surface area contributed by atoms with Gasteiger partial charge in [0, 0.05) is 41.6 Å². The predicted octanol–water partition coefficient (Wildman–Crippen LogP) is 2.72. The lowest BCUT2D eigenvalue weighted by molar-refractivity contribution is -0.379. The topological polar surface area (TPSA) is 117 Å². The van der Waals surface area contributed by atoms with Crippen LogP contribution in [0.2, 0.25) is 10.2 Å². The van der Waals surface area contributed by atoms with Crippen LogP contribution in [0.4, 0.5) is 5.69 Å². The van der Waals surface area contributed by atoms with E-state index in [-0.39, 0.29) is 27.3 Å². The molecule has 0 aliphatic carbocycles. The first-order chi connectivity index (χ1) is 15.3. The summed E-state index contributed by atoms with van der Waals surface area (Å²) in [5, 5.41) is 13.4. The molecule has 2 N–H and O–H groups in total. The molecular weight excluding hydrogens is 527 g/mol. The van der Waals surface area contributed by atoms with E-state index in [1.165, 1.54) is 19.2 Å². The fourth-order valence-electron chi connectivity index (χ4n) is 3.16. The van der Waals surface area contributed by atoms with Gasteiger partial charge in [-0.25, -0.2) is 4.79 Å². The first-order valence-corrected chi connectivity index (χ1v) is 10.7. The summed E-state index contributed by atoms with van der Waals surface area (Å²) in [4.78, 5) is 36.7. The summed E-state index contributed by atoms with van der Waals surface area (Å²) in [6, 6.07) is 6.22. The Bertz CT molecular complexity index is 1210. The SMILES string of the molecule is CCn1c(Cn2ccc(Cl)n2)c(Br)c(=O)c(C(=O)OC)c1-c1ccc([NH+]=O)c(Cl)c1.CO. The van der Waals surface area contributed by atoms with Gasteiger partial charge in [-0.3, -0.25) is 9.48 Å². The lowest BCUT2D eigenvalue weighted by Gasteiger charge is -2.21. The second-order valence-electron chi connectivity index (χ2n) is 6.18. The number of rotatable bonds is 6. The van der Waals surface area contributed by atoms with E-state index in [0.29, 0.717) is 28.6 Å². The van der Waals surface area contributed by atoms with Crippen molar-refractivity contribution in [1.82, 2.24) is 14.3 Å². The first kappa shape index (κ1) is 25.7. The van der Waals surface area contributed by atoms with E-state index in [4.69, 9.17) is 33.0 Å². The number of nitroso groups, excluding NO2 is 1. The summed E-state index contributed by atoms with van der Waals surface area (Å²) in [5.74, 6) is -0.784. The summed E-state index contributed by atoms with van der Waals surface area (Å²) >= 11 is 15.4. The highest BCUT2D eigenvalue weighted by atomic mass is 79.9.